The standard InChI is InChI=1S/C21H22N2O5S/c1-14(29-19-8-4-17(5-9-19)23(27)28)21(26)22-12-10-16(11-13-22)20(25)15-2-6-18(24)7-3-15/h2-9,14,16,24H,10-13H2,1H3. The van der Waals surface area contributed by atoms with Crippen molar-refractivity contribution in [3.8, 4) is 5.75 Å². The van der Waals surface area contributed by atoms with Gasteiger partial charge in [0.25, 0.3) is 5.69 Å². The molecule has 29 heavy (non-hydrogen) atoms. The van der Waals surface area contributed by atoms with Crippen molar-refractivity contribution in [2.75, 3.05) is 13.1 Å². The van der Waals surface area contributed by atoms with Crippen LogP contribution in [0.1, 0.15) is 30.1 Å². The minimum absolute atomic E-state index is 0.00360. The number of Topliss-reactive ketones (excluding diaryl/α,β-unsaturated/α-hetero) is 1. The molecule has 1 heterocycles. The van der Waals surface area contributed by atoms with Gasteiger partial charge in [-0.15, -0.1) is 11.8 Å². The Hall–Kier alpha value is -2.87. The van der Waals surface area contributed by atoms with Gasteiger partial charge in [0.1, 0.15) is 5.75 Å². The van der Waals surface area contributed by atoms with Crippen LogP contribution in [0.25, 0.3) is 0 Å². The minimum Gasteiger partial charge on any atom is -0.508 e. The number of hydrogen-bond donors (Lipinski definition) is 1. The van der Waals surface area contributed by atoms with Gasteiger partial charge in [-0.05, 0) is 56.2 Å². The topological polar surface area (TPSA) is 101 Å². The number of carbonyl (C=O) groups is 2. The number of hydrogen-bond acceptors (Lipinski definition) is 6. The van der Waals surface area contributed by atoms with E-state index < -0.39 is 4.92 Å². The maximum Gasteiger partial charge on any atom is 0.269 e. The number of piperidine rings is 1. The zero-order chi connectivity index (χ0) is 21.0. The fourth-order valence-corrected chi connectivity index (χ4v) is 4.33. The van der Waals surface area contributed by atoms with E-state index in [1.54, 1.807) is 29.2 Å². The van der Waals surface area contributed by atoms with Gasteiger partial charge in [0.2, 0.25) is 5.91 Å². The summed E-state index contributed by atoms with van der Waals surface area (Å²) in [5, 5.41) is 19.8. The molecular formula is C21H22N2O5S. The number of nitro groups is 1. The predicted octanol–water partition coefficient (Wildman–Crippen LogP) is 3.90. The number of nitro benzene ring substituents is 1. The molecule has 1 N–H and O–H groups in total. The summed E-state index contributed by atoms with van der Waals surface area (Å²) in [5.74, 6) is 0.0528. The molecular weight excluding hydrogens is 392 g/mol. The molecule has 1 amide bonds. The third-order valence-corrected chi connectivity index (χ3v) is 6.14. The Labute approximate surface area is 172 Å². The van der Waals surface area contributed by atoms with Crippen molar-refractivity contribution in [1.82, 2.24) is 4.90 Å². The molecule has 8 heteroatoms. The minimum atomic E-state index is -0.452. The van der Waals surface area contributed by atoms with Crippen LogP contribution in [-0.4, -0.2) is 45.0 Å². The lowest BCUT2D eigenvalue weighted by Gasteiger charge is -2.33. The molecule has 1 saturated heterocycles. The lowest BCUT2D eigenvalue weighted by atomic mass is 9.89. The van der Waals surface area contributed by atoms with Crippen molar-refractivity contribution in [1.29, 1.82) is 0 Å². The van der Waals surface area contributed by atoms with Gasteiger partial charge in [-0.3, -0.25) is 19.7 Å². The number of non-ortho nitro benzene ring substituents is 1. The molecule has 2 aromatic carbocycles. The Morgan fingerprint density at radius 2 is 1.69 bits per heavy atom. The van der Waals surface area contributed by atoms with Crippen LogP contribution in [0.2, 0.25) is 0 Å². The number of ketones is 1. The van der Waals surface area contributed by atoms with Gasteiger partial charge in [0.15, 0.2) is 5.78 Å². The average molecular weight is 414 g/mol. The largest absolute Gasteiger partial charge is 0.508 e. The van der Waals surface area contributed by atoms with Crippen LogP contribution >= 0.6 is 11.8 Å². The number of likely N-dealkylation sites (tertiary alicyclic amines) is 1. The number of benzene rings is 2. The summed E-state index contributed by atoms with van der Waals surface area (Å²) >= 11 is 1.37. The maximum atomic E-state index is 12.7. The molecule has 1 unspecified atom stereocenters. The molecule has 0 aliphatic carbocycles. The van der Waals surface area contributed by atoms with Gasteiger partial charge in [-0.25, -0.2) is 0 Å². The molecule has 1 aliphatic heterocycles. The summed E-state index contributed by atoms with van der Waals surface area (Å²) in [6.07, 6.45) is 1.22. The van der Waals surface area contributed by atoms with Gasteiger partial charge in [-0.1, -0.05) is 0 Å². The number of phenols is 1. The zero-order valence-corrected chi connectivity index (χ0v) is 16.8. The van der Waals surface area contributed by atoms with E-state index in [9.17, 15) is 24.8 Å². The zero-order valence-electron chi connectivity index (χ0n) is 16.0. The van der Waals surface area contributed by atoms with Crippen LogP contribution in [-0.2, 0) is 4.79 Å². The number of amides is 1. The molecule has 1 atom stereocenters. The third kappa shape index (κ3) is 5.14. The van der Waals surface area contributed by atoms with Gasteiger partial charge in [0.05, 0.1) is 10.2 Å². The first-order valence-corrected chi connectivity index (χ1v) is 10.3. The number of rotatable bonds is 6. The predicted molar refractivity (Wildman–Crippen MR) is 110 cm³/mol. The second kappa shape index (κ2) is 9.09. The normalized spacial score (nSPS) is 15.7. The highest BCUT2D eigenvalue weighted by atomic mass is 32.2. The summed E-state index contributed by atoms with van der Waals surface area (Å²) in [7, 11) is 0. The molecule has 1 fully saturated rings. The third-order valence-electron chi connectivity index (χ3n) is 5.04. The van der Waals surface area contributed by atoms with E-state index in [1.165, 1.54) is 36.0 Å². The van der Waals surface area contributed by atoms with Crippen molar-refractivity contribution in [2.24, 2.45) is 5.92 Å². The van der Waals surface area contributed by atoms with Gasteiger partial charge >= 0.3 is 0 Å². The number of thioether (sulfide) groups is 1. The van der Waals surface area contributed by atoms with E-state index >= 15 is 0 Å². The molecule has 3 rings (SSSR count). The number of aromatic hydroxyl groups is 1. The molecule has 152 valence electrons. The van der Waals surface area contributed by atoms with Crippen LogP contribution in [0.3, 0.4) is 0 Å². The quantitative estimate of drug-likeness (QED) is 0.333. The first-order valence-electron chi connectivity index (χ1n) is 9.38. The Kier molecular flexibility index (Phi) is 6.53. The van der Waals surface area contributed by atoms with Gasteiger partial charge < -0.3 is 10.0 Å². The van der Waals surface area contributed by atoms with Crippen molar-refractivity contribution in [3.05, 3.63) is 64.2 Å². The summed E-state index contributed by atoms with van der Waals surface area (Å²) in [6, 6.07) is 12.4. The number of carbonyl (C=O) groups excluding carboxylic acids is 2. The van der Waals surface area contributed by atoms with Crippen molar-refractivity contribution >= 4 is 29.1 Å². The summed E-state index contributed by atoms with van der Waals surface area (Å²) in [6.45, 7) is 2.87. The Morgan fingerprint density at radius 1 is 1.10 bits per heavy atom. The number of phenolic OH excluding ortho intramolecular Hbond substituents is 1. The van der Waals surface area contributed by atoms with E-state index in [1.807, 2.05) is 6.92 Å². The molecule has 0 radical (unpaired) electrons. The van der Waals surface area contributed by atoms with Gasteiger partial charge in [0, 0.05) is 41.6 Å². The molecule has 7 nitrogen and oxygen atoms in total. The monoisotopic (exact) mass is 414 g/mol. The van der Waals surface area contributed by atoms with Crippen LogP contribution in [0.4, 0.5) is 5.69 Å². The summed E-state index contributed by atoms with van der Waals surface area (Å²) < 4.78 is 0. The van der Waals surface area contributed by atoms with Crippen LogP contribution in [0.15, 0.2) is 53.4 Å². The second-order valence-electron chi connectivity index (χ2n) is 7.02. The molecule has 2 aromatic rings. The molecule has 0 saturated carbocycles. The smallest absolute Gasteiger partial charge is 0.269 e. The van der Waals surface area contributed by atoms with Crippen molar-refractivity contribution in [3.63, 3.8) is 0 Å². The lowest BCUT2D eigenvalue weighted by molar-refractivity contribution is -0.384. The Bertz CT molecular complexity index is 890. The molecule has 0 spiro atoms. The molecule has 0 bridgehead atoms. The van der Waals surface area contributed by atoms with Crippen molar-refractivity contribution < 1.29 is 19.6 Å². The van der Waals surface area contributed by atoms with E-state index in [0.29, 0.717) is 31.5 Å². The first-order chi connectivity index (χ1) is 13.8. The maximum absolute atomic E-state index is 12.7. The Morgan fingerprint density at radius 3 is 2.24 bits per heavy atom. The summed E-state index contributed by atoms with van der Waals surface area (Å²) in [5.41, 5.74) is 0.600. The Balaban J connectivity index is 1.53. The highest BCUT2D eigenvalue weighted by molar-refractivity contribution is 8.00. The van der Waals surface area contributed by atoms with Crippen molar-refractivity contribution in [2.45, 2.75) is 29.9 Å². The molecule has 1 aliphatic rings. The van der Waals surface area contributed by atoms with Gasteiger partial charge in [-0.2, -0.15) is 0 Å². The fraction of sp³-hybridized carbons (Fsp3) is 0.333. The number of nitrogens with zero attached hydrogens (tertiary/aromatic N) is 2. The fourth-order valence-electron chi connectivity index (χ4n) is 3.38. The van der Waals surface area contributed by atoms with E-state index in [4.69, 9.17) is 0 Å². The SMILES string of the molecule is CC(Sc1ccc([N+](=O)[O-])cc1)C(=O)N1CCC(C(=O)c2ccc(O)cc2)CC1. The molecule has 0 aromatic heterocycles. The lowest BCUT2D eigenvalue weighted by Crippen LogP contribution is -2.43. The van der Waals surface area contributed by atoms with E-state index in [0.717, 1.165) is 4.90 Å². The van der Waals surface area contributed by atoms with E-state index in [2.05, 4.69) is 0 Å². The van der Waals surface area contributed by atoms with Crippen LogP contribution in [0, 0.1) is 16.0 Å². The average Bonchev–Trinajstić information content (AvgIpc) is 2.73. The van der Waals surface area contributed by atoms with Crippen LogP contribution < -0.4 is 0 Å². The van der Waals surface area contributed by atoms with E-state index in [-0.39, 0.29) is 34.3 Å². The second-order valence-corrected chi connectivity index (χ2v) is 8.44. The summed E-state index contributed by atoms with van der Waals surface area (Å²) in [4.78, 5) is 38.2. The van der Waals surface area contributed by atoms with Crippen LogP contribution in [0.5, 0.6) is 5.75 Å². The highest BCUT2D eigenvalue weighted by Gasteiger charge is 2.30. The highest BCUT2D eigenvalue weighted by Crippen LogP contribution is 2.28. The first kappa shape index (κ1) is 20.9.